The van der Waals surface area contributed by atoms with Crippen LogP contribution in [0.5, 0.6) is 11.5 Å². The molecule has 0 saturated carbocycles. The van der Waals surface area contributed by atoms with Crippen molar-refractivity contribution < 1.29 is 19.0 Å². The molecule has 1 N–H and O–H groups in total. The minimum atomic E-state index is -0.0915. The number of ether oxygens (including phenoxy) is 3. The number of amides is 2. The summed E-state index contributed by atoms with van der Waals surface area (Å²) in [6.45, 7) is 6.69. The van der Waals surface area contributed by atoms with Crippen molar-refractivity contribution in [3.05, 3.63) is 41.7 Å². The highest BCUT2D eigenvalue weighted by Gasteiger charge is 2.42. The highest BCUT2D eigenvalue weighted by molar-refractivity contribution is 6.19. The van der Waals surface area contributed by atoms with Gasteiger partial charge in [-0.15, -0.1) is 0 Å². The molecular formula is C26H33N5O4. The van der Waals surface area contributed by atoms with Gasteiger partial charge in [-0.25, -0.2) is 9.78 Å². The van der Waals surface area contributed by atoms with E-state index in [2.05, 4.69) is 19.2 Å². The molecule has 2 aromatic rings. The van der Waals surface area contributed by atoms with Gasteiger partial charge in [-0.3, -0.25) is 14.8 Å². The van der Waals surface area contributed by atoms with Crippen LogP contribution in [-0.4, -0.2) is 67.8 Å². The van der Waals surface area contributed by atoms with Crippen molar-refractivity contribution in [2.45, 2.75) is 45.3 Å². The molecule has 5 rings (SSSR count). The molecule has 0 spiro atoms. The number of rotatable bonds is 7. The minimum Gasteiger partial charge on any atom is -0.497 e. The summed E-state index contributed by atoms with van der Waals surface area (Å²) in [5.74, 6) is 2.36. The van der Waals surface area contributed by atoms with Crippen LogP contribution in [-0.2, 0) is 11.3 Å². The third-order valence-electron chi connectivity index (χ3n) is 6.86. The van der Waals surface area contributed by atoms with Crippen molar-refractivity contribution >= 4 is 23.2 Å². The zero-order valence-electron chi connectivity index (χ0n) is 20.8. The SMILES string of the molecule is COc1cc(CN2C(=O)N3CC(C(C)C)N=C3c3ncc(NC4CCOCC4)cc32)cc(OC)c1. The first kappa shape index (κ1) is 23.4. The van der Waals surface area contributed by atoms with E-state index in [1.807, 2.05) is 30.5 Å². The normalized spacial score (nSPS) is 20.0. The topological polar surface area (TPSA) is 88.5 Å². The molecule has 9 nitrogen and oxygen atoms in total. The number of hydrogen-bond acceptors (Lipinski definition) is 7. The number of hydrogen-bond donors (Lipinski definition) is 1. The van der Waals surface area contributed by atoms with E-state index >= 15 is 0 Å². The molecule has 0 radical (unpaired) electrons. The van der Waals surface area contributed by atoms with Crippen molar-refractivity contribution in [1.29, 1.82) is 0 Å². The first-order chi connectivity index (χ1) is 17.0. The van der Waals surface area contributed by atoms with E-state index in [0.717, 1.165) is 48.7 Å². The quantitative estimate of drug-likeness (QED) is 0.648. The van der Waals surface area contributed by atoms with Crippen LogP contribution in [0, 0.1) is 5.92 Å². The lowest BCUT2D eigenvalue weighted by Crippen LogP contribution is -2.50. The number of amidine groups is 1. The van der Waals surface area contributed by atoms with E-state index in [9.17, 15) is 4.79 Å². The predicted octanol–water partition coefficient (Wildman–Crippen LogP) is 3.92. The van der Waals surface area contributed by atoms with E-state index in [1.54, 1.807) is 24.0 Å². The number of aliphatic imine (C=N–C) groups is 1. The second-order valence-corrected chi connectivity index (χ2v) is 9.59. The van der Waals surface area contributed by atoms with Gasteiger partial charge < -0.3 is 19.5 Å². The molecule has 35 heavy (non-hydrogen) atoms. The summed E-state index contributed by atoms with van der Waals surface area (Å²) in [6, 6.07) is 7.99. The molecule has 1 saturated heterocycles. The van der Waals surface area contributed by atoms with Crippen LogP contribution in [0.3, 0.4) is 0 Å². The van der Waals surface area contributed by atoms with Crippen LogP contribution in [0.1, 0.15) is 37.9 Å². The van der Waals surface area contributed by atoms with Gasteiger partial charge in [-0.05, 0) is 42.5 Å². The van der Waals surface area contributed by atoms with Gasteiger partial charge in [0.15, 0.2) is 5.84 Å². The molecule has 3 aliphatic heterocycles. The Morgan fingerprint density at radius 1 is 1.11 bits per heavy atom. The van der Waals surface area contributed by atoms with Crippen LogP contribution < -0.4 is 19.7 Å². The molecule has 1 unspecified atom stereocenters. The van der Waals surface area contributed by atoms with Gasteiger partial charge in [0.1, 0.15) is 17.2 Å². The molecule has 0 aliphatic carbocycles. The van der Waals surface area contributed by atoms with Gasteiger partial charge in [0.05, 0.1) is 50.9 Å². The fourth-order valence-electron chi connectivity index (χ4n) is 4.79. The van der Waals surface area contributed by atoms with Gasteiger partial charge in [-0.1, -0.05) is 13.8 Å². The first-order valence-corrected chi connectivity index (χ1v) is 12.2. The molecule has 9 heteroatoms. The number of carbonyl (C=O) groups is 1. The molecular weight excluding hydrogens is 446 g/mol. The minimum absolute atomic E-state index is 0.0560. The van der Waals surface area contributed by atoms with E-state index in [4.69, 9.17) is 24.2 Å². The maximum atomic E-state index is 13.8. The van der Waals surface area contributed by atoms with Gasteiger partial charge in [0.2, 0.25) is 0 Å². The van der Waals surface area contributed by atoms with Crippen LogP contribution >= 0.6 is 0 Å². The van der Waals surface area contributed by atoms with Crippen LogP contribution in [0.25, 0.3) is 0 Å². The summed E-state index contributed by atoms with van der Waals surface area (Å²) in [4.78, 5) is 27.1. The number of urea groups is 1. The van der Waals surface area contributed by atoms with Gasteiger partial charge in [0, 0.05) is 25.3 Å². The zero-order valence-corrected chi connectivity index (χ0v) is 20.8. The van der Waals surface area contributed by atoms with Crippen LogP contribution in [0.2, 0.25) is 0 Å². The second kappa shape index (κ2) is 9.73. The summed E-state index contributed by atoms with van der Waals surface area (Å²) in [6.07, 6.45) is 3.74. The number of nitrogens with one attached hydrogen (secondary N) is 1. The van der Waals surface area contributed by atoms with Crippen molar-refractivity contribution in [1.82, 2.24) is 9.88 Å². The molecule has 1 aromatic heterocycles. The predicted molar refractivity (Wildman–Crippen MR) is 135 cm³/mol. The summed E-state index contributed by atoms with van der Waals surface area (Å²) in [5, 5.41) is 3.58. The summed E-state index contributed by atoms with van der Waals surface area (Å²) in [5.41, 5.74) is 3.29. The molecule has 0 bridgehead atoms. The third-order valence-corrected chi connectivity index (χ3v) is 6.86. The lowest BCUT2D eigenvalue weighted by atomic mass is 10.1. The highest BCUT2D eigenvalue weighted by Crippen LogP contribution is 2.36. The Hall–Kier alpha value is -3.33. The molecule has 2 amide bonds. The summed E-state index contributed by atoms with van der Waals surface area (Å²) in [7, 11) is 3.24. The number of pyridine rings is 1. The lowest BCUT2D eigenvalue weighted by Gasteiger charge is -2.35. The molecule has 1 fully saturated rings. The number of nitrogens with zero attached hydrogens (tertiary/aromatic N) is 4. The molecule has 1 aromatic carbocycles. The fourth-order valence-corrected chi connectivity index (χ4v) is 4.79. The van der Waals surface area contributed by atoms with Crippen molar-refractivity contribution in [3.63, 3.8) is 0 Å². The van der Waals surface area contributed by atoms with Gasteiger partial charge >= 0.3 is 6.03 Å². The van der Waals surface area contributed by atoms with Gasteiger partial charge in [0.25, 0.3) is 0 Å². The standard InChI is InChI=1S/C26H33N5O4/c1-16(2)22-15-31-25(29-22)24-23(11-19(13-27-24)28-18-5-7-35-8-6-18)30(26(31)32)14-17-9-20(33-3)12-21(10-17)34-4/h9-13,16,18,22,28H,5-8,14-15H2,1-4H3. The molecule has 4 heterocycles. The fraction of sp³-hybridized carbons (Fsp3) is 0.500. The number of aromatic nitrogens is 1. The monoisotopic (exact) mass is 479 g/mol. The Morgan fingerprint density at radius 2 is 1.83 bits per heavy atom. The van der Waals surface area contributed by atoms with Crippen molar-refractivity contribution in [2.75, 3.05) is 44.2 Å². The number of fused-ring (bicyclic) bond motifs is 3. The van der Waals surface area contributed by atoms with Gasteiger partial charge in [-0.2, -0.15) is 0 Å². The maximum absolute atomic E-state index is 13.8. The largest absolute Gasteiger partial charge is 0.497 e. The van der Waals surface area contributed by atoms with E-state index in [1.165, 1.54) is 0 Å². The zero-order chi connectivity index (χ0) is 24.5. The van der Waals surface area contributed by atoms with Crippen molar-refractivity contribution in [2.24, 2.45) is 10.9 Å². The Morgan fingerprint density at radius 3 is 2.49 bits per heavy atom. The summed E-state index contributed by atoms with van der Waals surface area (Å²) >= 11 is 0. The molecule has 1 atom stereocenters. The Kier molecular flexibility index (Phi) is 6.51. The van der Waals surface area contributed by atoms with Crippen molar-refractivity contribution in [3.8, 4) is 11.5 Å². The maximum Gasteiger partial charge on any atom is 0.330 e. The Bertz CT molecular complexity index is 1110. The third kappa shape index (κ3) is 4.65. The Balaban J connectivity index is 1.53. The highest BCUT2D eigenvalue weighted by atomic mass is 16.5. The number of carbonyl (C=O) groups excluding carboxylic acids is 1. The van der Waals surface area contributed by atoms with Crippen LogP contribution in [0.4, 0.5) is 16.2 Å². The smallest absolute Gasteiger partial charge is 0.330 e. The van der Waals surface area contributed by atoms with E-state index in [0.29, 0.717) is 42.4 Å². The first-order valence-electron chi connectivity index (χ1n) is 12.2. The Labute approximate surface area is 206 Å². The molecule has 3 aliphatic rings. The van der Waals surface area contributed by atoms with E-state index < -0.39 is 0 Å². The average Bonchev–Trinajstić information content (AvgIpc) is 3.33. The number of benzene rings is 1. The lowest BCUT2D eigenvalue weighted by molar-refractivity contribution is 0.0904. The summed E-state index contributed by atoms with van der Waals surface area (Å²) < 4.78 is 16.4. The second-order valence-electron chi connectivity index (χ2n) is 9.59. The number of methoxy groups -OCH3 is 2. The van der Waals surface area contributed by atoms with Crippen LogP contribution in [0.15, 0.2) is 35.5 Å². The molecule has 186 valence electrons. The average molecular weight is 480 g/mol. The number of anilines is 2. The van der Waals surface area contributed by atoms with E-state index in [-0.39, 0.29) is 12.1 Å².